The van der Waals surface area contributed by atoms with Gasteiger partial charge in [0.2, 0.25) is 0 Å². The quantitative estimate of drug-likeness (QED) is 0.681. The fourth-order valence-corrected chi connectivity index (χ4v) is 1.06. The van der Waals surface area contributed by atoms with Gasteiger partial charge >= 0.3 is 5.51 Å². The van der Waals surface area contributed by atoms with E-state index in [1.54, 1.807) is 0 Å². The number of hydrogen-bond acceptors (Lipinski definition) is 3. The van der Waals surface area contributed by atoms with Crippen LogP contribution in [0.3, 0.4) is 0 Å². The van der Waals surface area contributed by atoms with Crippen molar-refractivity contribution in [3.05, 3.63) is 0 Å². The molecule has 0 aliphatic carbocycles. The molecule has 0 rings (SSSR count). The van der Waals surface area contributed by atoms with Crippen molar-refractivity contribution in [1.82, 2.24) is 0 Å². The molecule has 7 heteroatoms. The smallest absolute Gasteiger partial charge is 0.329 e. The van der Waals surface area contributed by atoms with E-state index in [1.807, 2.05) is 0 Å². The van der Waals surface area contributed by atoms with Gasteiger partial charge in [-0.1, -0.05) is 0 Å². The molecule has 0 amide bonds. The molecule has 0 aromatic heterocycles. The Morgan fingerprint density at radius 1 is 1.45 bits per heavy atom. The Bertz CT molecular complexity index is 220. The lowest BCUT2D eigenvalue weighted by molar-refractivity contribution is -0.0442. The van der Waals surface area contributed by atoms with Crippen LogP contribution in [0.15, 0.2) is 0 Å². The van der Waals surface area contributed by atoms with E-state index >= 15 is 0 Å². The van der Waals surface area contributed by atoms with E-state index in [1.165, 1.54) is 0 Å². The zero-order valence-electron chi connectivity index (χ0n) is 5.72. The highest BCUT2D eigenvalue weighted by Crippen LogP contribution is 2.26. The van der Waals surface area contributed by atoms with Crippen LogP contribution < -0.4 is 5.73 Å². The normalized spacial score (nSPS) is 16.5. The molecule has 0 heterocycles. The number of alkyl halides is 3. The third-order valence-electron chi connectivity index (χ3n) is 1.18. The van der Waals surface area contributed by atoms with E-state index in [0.717, 1.165) is 6.92 Å². The van der Waals surface area contributed by atoms with Crippen LogP contribution >= 0.6 is 0 Å². The van der Waals surface area contributed by atoms with Crippen LogP contribution in [0.25, 0.3) is 0 Å². The van der Waals surface area contributed by atoms with Crippen molar-refractivity contribution < 1.29 is 21.6 Å². The second-order valence-corrected chi connectivity index (χ2v) is 4.39. The Balaban J connectivity index is 4.77. The Hall–Kier alpha value is -0.300. The molecule has 0 spiro atoms. The first kappa shape index (κ1) is 10.7. The third kappa shape index (κ3) is 2.06. The second-order valence-electron chi connectivity index (χ2n) is 2.04. The number of hydrogen-bond donors (Lipinski definition) is 1. The Morgan fingerprint density at radius 2 is 1.82 bits per heavy atom. The third-order valence-corrected chi connectivity index (χ3v) is 3.08. The predicted molar refractivity (Wildman–Crippen MR) is 33.5 cm³/mol. The van der Waals surface area contributed by atoms with Crippen LogP contribution in [0.5, 0.6) is 0 Å². The summed E-state index contributed by atoms with van der Waals surface area (Å²) in [6.45, 7) is 0.394. The fourth-order valence-electron chi connectivity index (χ4n) is 0.355. The highest BCUT2D eigenvalue weighted by Gasteiger charge is 2.48. The molecule has 3 nitrogen and oxygen atoms in total. The summed E-state index contributed by atoms with van der Waals surface area (Å²) in [4.78, 5) is 0. The van der Waals surface area contributed by atoms with Gasteiger partial charge in [-0.2, -0.15) is 13.2 Å². The highest BCUT2D eigenvalue weighted by atomic mass is 32.2. The summed E-state index contributed by atoms with van der Waals surface area (Å²) in [5.41, 5.74) is -0.413. The van der Waals surface area contributed by atoms with Crippen LogP contribution in [0, 0.1) is 0 Å². The van der Waals surface area contributed by atoms with Gasteiger partial charge in [0.05, 0.1) is 5.25 Å². The molecule has 1 atom stereocenters. The summed E-state index contributed by atoms with van der Waals surface area (Å²) < 4.78 is 55.6. The first-order valence-corrected chi connectivity index (χ1v) is 4.28. The van der Waals surface area contributed by atoms with Gasteiger partial charge in [0.25, 0.3) is 9.84 Å². The second kappa shape index (κ2) is 2.98. The molecular weight excluding hydrogens is 183 g/mol. The number of sulfone groups is 1. The average Bonchev–Trinajstić information content (AvgIpc) is 1.83. The van der Waals surface area contributed by atoms with Gasteiger partial charge in [-0.3, -0.25) is 0 Å². The summed E-state index contributed by atoms with van der Waals surface area (Å²) in [6, 6.07) is 0. The van der Waals surface area contributed by atoms with Crippen molar-refractivity contribution in [2.75, 3.05) is 6.54 Å². The van der Waals surface area contributed by atoms with Gasteiger partial charge in [0.1, 0.15) is 0 Å². The molecule has 1 unspecified atom stereocenters. The van der Waals surface area contributed by atoms with Crippen LogP contribution in [-0.2, 0) is 9.84 Å². The minimum atomic E-state index is -5.19. The van der Waals surface area contributed by atoms with E-state index in [0.29, 0.717) is 0 Å². The van der Waals surface area contributed by atoms with Crippen molar-refractivity contribution in [3.8, 4) is 0 Å². The minimum absolute atomic E-state index is 0.526. The summed E-state index contributed by atoms with van der Waals surface area (Å²) >= 11 is 0. The van der Waals surface area contributed by atoms with Gasteiger partial charge in [-0.15, -0.1) is 0 Å². The minimum Gasteiger partial charge on any atom is -0.329 e. The van der Waals surface area contributed by atoms with Crippen LogP contribution in [0.4, 0.5) is 13.2 Å². The maximum absolute atomic E-state index is 11.6. The lowest BCUT2D eigenvalue weighted by Gasteiger charge is -2.12. The SMILES string of the molecule is CC(CN)S(=O)(=O)C(F)(F)F. The zero-order valence-corrected chi connectivity index (χ0v) is 6.54. The zero-order chi connectivity index (χ0) is 9.28. The van der Waals surface area contributed by atoms with E-state index in [9.17, 15) is 21.6 Å². The first-order valence-electron chi connectivity index (χ1n) is 2.73. The Kier molecular flexibility index (Phi) is 2.90. The first-order chi connectivity index (χ1) is 4.73. The van der Waals surface area contributed by atoms with Gasteiger partial charge in [0.15, 0.2) is 0 Å². The number of nitrogens with two attached hydrogens (primary N) is 1. The topological polar surface area (TPSA) is 60.2 Å². The van der Waals surface area contributed by atoms with Crippen LogP contribution in [-0.4, -0.2) is 25.7 Å². The standard InChI is InChI=1S/C4H8F3NO2S/c1-3(2-8)11(9,10)4(5,6)7/h3H,2,8H2,1H3. The average molecular weight is 191 g/mol. The summed E-state index contributed by atoms with van der Waals surface area (Å²) in [5.74, 6) is 0. The molecule has 2 N–H and O–H groups in total. The molecule has 0 radical (unpaired) electrons. The highest BCUT2D eigenvalue weighted by molar-refractivity contribution is 7.92. The van der Waals surface area contributed by atoms with Crippen molar-refractivity contribution >= 4 is 9.84 Å². The monoisotopic (exact) mass is 191 g/mol. The van der Waals surface area contributed by atoms with Gasteiger partial charge in [-0.25, -0.2) is 8.42 Å². The molecule has 0 aliphatic rings. The van der Waals surface area contributed by atoms with Crippen LogP contribution in [0.1, 0.15) is 6.92 Å². The van der Waals surface area contributed by atoms with Crippen molar-refractivity contribution in [1.29, 1.82) is 0 Å². The van der Waals surface area contributed by atoms with E-state index in [4.69, 9.17) is 5.73 Å². The lowest BCUT2D eigenvalue weighted by atomic mass is 10.5. The molecule has 0 fully saturated rings. The lowest BCUT2D eigenvalue weighted by Crippen LogP contribution is -2.36. The van der Waals surface area contributed by atoms with Crippen molar-refractivity contribution in [3.63, 3.8) is 0 Å². The van der Waals surface area contributed by atoms with E-state index < -0.39 is 27.1 Å². The van der Waals surface area contributed by atoms with Crippen molar-refractivity contribution in [2.45, 2.75) is 17.7 Å². The van der Waals surface area contributed by atoms with Gasteiger partial charge < -0.3 is 5.73 Å². The summed E-state index contributed by atoms with van der Waals surface area (Å²) in [6.07, 6.45) is 0. The maximum atomic E-state index is 11.6. The van der Waals surface area contributed by atoms with E-state index in [-0.39, 0.29) is 0 Å². The maximum Gasteiger partial charge on any atom is 0.497 e. The molecule has 0 aromatic carbocycles. The molecular formula is C4H8F3NO2S. The molecule has 0 saturated heterocycles. The van der Waals surface area contributed by atoms with Gasteiger partial charge in [0, 0.05) is 6.54 Å². The molecule has 68 valence electrons. The summed E-state index contributed by atoms with van der Waals surface area (Å²) in [5, 5.41) is -1.57. The predicted octanol–water partition coefficient (Wildman–Crippen LogP) is 0.268. The van der Waals surface area contributed by atoms with Crippen molar-refractivity contribution in [2.24, 2.45) is 5.73 Å². The van der Waals surface area contributed by atoms with E-state index in [2.05, 4.69) is 0 Å². The fraction of sp³-hybridized carbons (Fsp3) is 1.00. The Labute approximate surface area is 62.3 Å². The molecule has 0 aliphatic heterocycles. The molecule has 0 saturated carbocycles. The largest absolute Gasteiger partial charge is 0.497 e. The molecule has 11 heavy (non-hydrogen) atoms. The number of halogens is 3. The van der Waals surface area contributed by atoms with Crippen LogP contribution in [0.2, 0.25) is 0 Å². The van der Waals surface area contributed by atoms with Gasteiger partial charge in [-0.05, 0) is 6.92 Å². The number of rotatable bonds is 2. The molecule has 0 aromatic rings. The summed E-state index contributed by atoms with van der Waals surface area (Å²) in [7, 11) is -5.05. The Morgan fingerprint density at radius 3 is 1.91 bits per heavy atom. The molecule has 0 bridgehead atoms.